The molecule has 0 bridgehead atoms. The normalized spacial score (nSPS) is 12.2. The van der Waals surface area contributed by atoms with Crippen molar-refractivity contribution in [3.05, 3.63) is 35.4 Å². The monoisotopic (exact) mass is 363 g/mol. The number of rotatable bonds is 10. The molecule has 0 saturated carbocycles. The van der Waals surface area contributed by atoms with Crippen LogP contribution in [0.4, 0.5) is 0 Å². The van der Waals surface area contributed by atoms with Gasteiger partial charge in [0.1, 0.15) is 0 Å². The fourth-order valence-corrected chi connectivity index (χ4v) is 9.56. The first-order chi connectivity index (χ1) is 11.7. The molecule has 1 rings (SSSR count). The summed E-state index contributed by atoms with van der Waals surface area (Å²) in [5.41, 5.74) is 3.70. The van der Waals surface area contributed by atoms with Crippen molar-refractivity contribution in [2.45, 2.75) is 77.9 Å². The number of carbonyl (C=O) groups excluding carboxylic acids is 1. The Labute approximate surface area is 155 Å². The first kappa shape index (κ1) is 21.9. The molecule has 0 aliphatic heterocycles. The summed E-state index contributed by atoms with van der Waals surface area (Å²) in [4.78, 5) is 12.1. The van der Waals surface area contributed by atoms with Gasteiger partial charge in [-0.2, -0.15) is 0 Å². The predicted molar refractivity (Wildman–Crippen MR) is 110 cm³/mol. The Hall–Kier alpha value is -1.13. The summed E-state index contributed by atoms with van der Waals surface area (Å²) in [6, 6.07) is 7.71. The maximum Gasteiger partial charge on any atom is 0.251 e. The van der Waals surface area contributed by atoms with Crippen LogP contribution >= 0.6 is 0 Å². The lowest BCUT2D eigenvalue weighted by Crippen LogP contribution is -2.48. The van der Waals surface area contributed by atoms with E-state index in [9.17, 15) is 4.79 Å². The van der Waals surface area contributed by atoms with Crippen molar-refractivity contribution in [1.29, 1.82) is 0 Å². The van der Waals surface area contributed by atoms with Crippen molar-refractivity contribution in [3.8, 4) is 0 Å². The second kappa shape index (κ2) is 10.1. The van der Waals surface area contributed by atoms with Gasteiger partial charge in [0.15, 0.2) is 8.32 Å². The first-order valence-electron chi connectivity index (χ1n) is 9.70. The van der Waals surface area contributed by atoms with Crippen LogP contribution in [0, 0.1) is 6.92 Å². The molecule has 25 heavy (non-hydrogen) atoms. The topological polar surface area (TPSA) is 38.3 Å². The van der Waals surface area contributed by atoms with Crippen LogP contribution in [0.25, 0.3) is 0 Å². The van der Waals surface area contributed by atoms with Crippen molar-refractivity contribution in [2.75, 3.05) is 13.2 Å². The molecule has 0 atom stereocenters. The Morgan fingerprint density at radius 3 is 2.16 bits per heavy atom. The van der Waals surface area contributed by atoms with Crippen LogP contribution in [0.5, 0.6) is 0 Å². The zero-order valence-corrected chi connectivity index (χ0v) is 18.2. The van der Waals surface area contributed by atoms with Crippen LogP contribution in [0.2, 0.25) is 16.6 Å². The van der Waals surface area contributed by atoms with Crippen LogP contribution in [0.3, 0.4) is 0 Å². The summed E-state index contributed by atoms with van der Waals surface area (Å²) in [6.07, 6.45) is 1.95. The average Bonchev–Trinajstić information content (AvgIpc) is 2.52. The highest BCUT2D eigenvalue weighted by atomic mass is 28.4. The molecule has 0 saturated heterocycles. The minimum Gasteiger partial charge on any atom is -0.416 e. The molecule has 142 valence electrons. The first-order valence-corrected chi connectivity index (χ1v) is 11.8. The number of benzene rings is 1. The summed E-state index contributed by atoms with van der Waals surface area (Å²) in [7, 11) is -1.76. The van der Waals surface area contributed by atoms with Gasteiger partial charge in [0, 0.05) is 18.7 Å². The highest BCUT2D eigenvalue weighted by Crippen LogP contribution is 2.42. The molecule has 1 N–H and O–H groups in total. The van der Waals surface area contributed by atoms with Crippen LogP contribution in [-0.4, -0.2) is 27.4 Å². The lowest BCUT2D eigenvalue weighted by Gasteiger charge is -2.42. The molecule has 0 aliphatic rings. The van der Waals surface area contributed by atoms with E-state index in [1.165, 1.54) is 0 Å². The summed E-state index contributed by atoms with van der Waals surface area (Å²) >= 11 is 0. The summed E-state index contributed by atoms with van der Waals surface area (Å²) in [6.45, 7) is 17.4. The molecule has 1 amide bonds. The Balaban J connectivity index is 2.39. The van der Waals surface area contributed by atoms with Gasteiger partial charge < -0.3 is 9.74 Å². The predicted octanol–water partition coefficient (Wildman–Crippen LogP) is 5.70. The van der Waals surface area contributed by atoms with E-state index in [2.05, 4.69) is 46.9 Å². The minimum absolute atomic E-state index is 0.0138. The van der Waals surface area contributed by atoms with Crippen LogP contribution in [0.15, 0.2) is 24.3 Å². The highest BCUT2D eigenvalue weighted by Gasteiger charge is 2.44. The third kappa shape index (κ3) is 5.96. The van der Waals surface area contributed by atoms with E-state index in [-0.39, 0.29) is 5.91 Å². The lowest BCUT2D eigenvalue weighted by atomic mass is 10.1. The molecule has 0 heterocycles. The molecular weight excluding hydrogens is 326 g/mol. The molecule has 0 aromatic heterocycles. The maximum atomic E-state index is 12.1. The third-order valence-electron chi connectivity index (χ3n) is 5.20. The molecule has 0 radical (unpaired) electrons. The second-order valence-electron chi connectivity index (χ2n) is 8.00. The minimum atomic E-state index is -1.76. The Bertz CT molecular complexity index is 519. The van der Waals surface area contributed by atoms with E-state index < -0.39 is 8.32 Å². The molecule has 4 heteroatoms. The van der Waals surface area contributed by atoms with Gasteiger partial charge in [-0.1, -0.05) is 59.2 Å². The molecule has 1 aromatic rings. The smallest absolute Gasteiger partial charge is 0.251 e. The SMILES string of the molecule is Cc1cccc(C(=O)NCCCCO[Si](C(C)C)(C(C)C)C(C)C)c1. The second-order valence-corrected chi connectivity index (χ2v) is 13.5. The maximum absolute atomic E-state index is 12.1. The summed E-state index contributed by atoms with van der Waals surface area (Å²) < 4.78 is 6.55. The van der Waals surface area contributed by atoms with Gasteiger partial charge in [-0.15, -0.1) is 0 Å². The molecule has 1 aromatic carbocycles. The molecule has 3 nitrogen and oxygen atoms in total. The van der Waals surface area contributed by atoms with Crippen LogP contribution < -0.4 is 5.32 Å². The Morgan fingerprint density at radius 2 is 1.64 bits per heavy atom. The lowest BCUT2D eigenvalue weighted by molar-refractivity contribution is 0.0952. The van der Waals surface area contributed by atoms with Gasteiger partial charge >= 0.3 is 0 Å². The average molecular weight is 364 g/mol. The van der Waals surface area contributed by atoms with Crippen LogP contribution in [-0.2, 0) is 4.43 Å². The van der Waals surface area contributed by atoms with E-state index in [1.54, 1.807) is 0 Å². The van der Waals surface area contributed by atoms with Gasteiger partial charge in [0.2, 0.25) is 0 Å². The Kier molecular flexibility index (Phi) is 8.87. The summed E-state index contributed by atoms with van der Waals surface area (Å²) in [5.74, 6) is 0.0138. The van der Waals surface area contributed by atoms with Gasteiger partial charge in [-0.25, -0.2) is 0 Å². The van der Waals surface area contributed by atoms with E-state index in [0.717, 1.165) is 30.6 Å². The van der Waals surface area contributed by atoms with E-state index in [1.807, 2.05) is 31.2 Å². The van der Waals surface area contributed by atoms with E-state index >= 15 is 0 Å². The van der Waals surface area contributed by atoms with E-state index in [0.29, 0.717) is 23.2 Å². The van der Waals surface area contributed by atoms with Gasteiger partial charge in [0.05, 0.1) is 0 Å². The zero-order valence-electron chi connectivity index (χ0n) is 17.2. The van der Waals surface area contributed by atoms with Crippen molar-refractivity contribution in [3.63, 3.8) is 0 Å². The molecule has 0 unspecified atom stereocenters. The number of hydrogen-bond donors (Lipinski definition) is 1. The number of aryl methyl sites for hydroxylation is 1. The van der Waals surface area contributed by atoms with Crippen molar-refractivity contribution >= 4 is 14.2 Å². The third-order valence-corrected chi connectivity index (χ3v) is 11.3. The number of nitrogens with one attached hydrogen (secondary N) is 1. The fraction of sp³-hybridized carbons (Fsp3) is 0.667. The van der Waals surface area contributed by atoms with Gasteiger partial charge in [-0.3, -0.25) is 4.79 Å². The molecule has 0 aliphatic carbocycles. The standard InChI is InChI=1S/C21H37NO2Si/c1-16(2)25(17(3)4,18(5)6)24-14-9-8-13-22-21(23)20-12-10-11-19(7)15-20/h10-12,15-18H,8-9,13-14H2,1-7H3,(H,22,23). The highest BCUT2D eigenvalue weighted by molar-refractivity contribution is 6.77. The van der Waals surface area contributed by atoms with Gasteiger partial charge in [-0.05, 0) is 48.5 Å². The fourth-order valence-electron chi connectivity index (χ4n) is 4.07. The number of hydrogen-bond acceptors (Lipinski definition) is 2. The van der Waals surface area contributed by atoms with Crippen LogP contribution in [0.1, 0.15) is 70.3 Å². The molecule has 0 spiro atoms. The number of unbranched alkanes of at least 4 members (excludes halogenated alkanes) is 1. The Morgan fingerprint density at radius 1 is 1.04 bits per heavy atom. The number of carbonyl (C=O) groups is 1. The van der Waals surface area contributed by atoms with E-state index in [4.69, 9.17) is 4.43 Å². The number of amides is 1. The van der Waals surface area contributed by atoms with Gasteiger partial charge in [0.25, 0.3) is 5.91 Å². The zero-order chi connectivity index (χ0) is 19.0. The quantitative estimate of drug-likeness (QED) is 0.428. The van der Waals surface area contributed by atoms with Crippen molar-refractivity contribution in [1.82, 2.24) is 5.32 Å². The van der Waals surface area contributed by atoms with Crippen molar-refractivity contribution < 1.29 is 9.22 Å². The summed E-state index contributed by atoms with van der Waals surface area (Å²) in [5, 5.41) is 3.01. The largest absolute Gasteiger partial charge is 0.416 e. The molecule has 0 fully saturated rings. The molecular formula is C21H37NO2Si. The van der Waals surface area contributed by atoms with Crippen molar-refractivity contribution in [2.24, 2.45) is 0 Å².